The van der Waals surface area contributed by atoms with E-state index in [9.17, 15) is 14.7 Å². The molecule has 0 aromatic carbocycles. The van der Waals surface area contributed by atoms with Crippen LogP contribution in [0.5, 0.6) is 0 Å². The molecule has 0 aromatic heterocycles. The summed E-state index contributed by atoms with van der Waals surface area (Å²) < 4.78 is 4.96. The van der Waals surface area contributed by atoms with Gasteiger partial charge in [-0.15, -0.1) is 0 Å². The Morgan fingerprint density at radius 2 is 2.05 bits per heavy atom. The number of hydrogen-bond acceptors (Lipinski definition) is 4. The molecule has 1 N–H and O–H groups in total. The van der Waals surface area contributed by atoms with Gasteiger partial charge in [0.15, 0.2) is 0 Å². The van der Waals surface area contributed by atoms with E-state index >= 15 is 0 Å². The van der Waals surface area contributed by atoms with Gasteiger partial charge in [0, 0.05) is 27.2 Å². The highest BCUT2D eigenvalue weighted by Gasteiger charge is 2.46. The van der Waals surface area contributed by atoms with Gasteiger partial charge in [-0.3, -0.25) is 9.69 Å². The van der Waals surface area contributed by atoms with E-state index in [0.717, 1.165) is 0 Å². The number of ether oxygens (including phenoxy) is 1. The van der Waals surface area contributed by atoms with Crippen LogP contribution in [0.1, 0.15) is 20.8 Å². The van der Waals surface area contributed by atoms with Gasteiger partial charge in [0.2, 0.25) is 5.91 Å². The molecule has 0 spiro atoms. The van der Waals surface area contributed by atoms with Crippen molar-refractivity contribution in [2.24, 2.45) is 5.41 Å². The Balaban J connectivity index is 2.64. The van der Waals surface area contributed by atoms with Crippen molar-refractivity contribution >= 4 is 11.9 Å². The first-order valence-electron chi connectivity index (χ1n) is 6.42. The van der Waals surface area contributed by atoms with E-state index in [1.165, 1.54) is 4.90 Å². The van der Waals surface area contributed by atoms with Crippen molar-refractivity contribution in [3.05, 3.63) is 0 Å². The van der Waals surface area contributed by atoms with Gasteiger partial charge in [0.05, 0.1) is 6.61 Å². The van der Waals surface area contributed by atoms with Gasteiger partial charge >= 0.3 is 5.97 Å². The number of carbonyl (C=O) groups is 2. The molecule has 3 atom stereocenters. The van der Waals surface area contributed by atoms with Crippen LogP contribution < -0.4 is 0 Å². The molecule has 1 heterocycles. The molecule has 19 heavy (non-hydrogen) atoms. The molecule has 1 fully saturated rings. The summed E-state index contributed by atoms with van der Waals surface area (Å²) >= 11 is 0. The van der Waals surface area contributed by atoms with Gasteiger partial charge in [-0.05, 0) is 5.41 Å². The lowest BCUT2D eigenvalue weighted by Gasteiger charge is -2.34. The molecular weight excluding hydrogens is 248 g/mol. The fourth-order valence-corrected chi connectivity index (χ4v) is 2.34. The maximum absolute atomic E-state index is 12.3. The minimum atomic E-state index is -0.965. The summed E-state index contributed by atoms with van der Waals surface area (Å²) in [6, 6.07) is -1.01. The van der Waals surface area contributed by atoms with E-state index in [-0.39, 0.29) is 11.9 Å². The summed E-state index contributed by atoms with van der Waals surface area (Å²) in [5, 5.41) is 9.31. The molecule has 1 rings (SSSR count). The number of likely N-dealkylation sites (N-methyl/N-ethyl adjacent to an activating group) is 1. The second-order valence-corrected chi connectivity index (χ2v) is 6.06. The molecule has 0 aliphatic carbocycles. The maximum atomic E-state index is 12.3. The molecule has 0 radical (unpaired) electrons. The number of amides is 1. The first-order chi connectivity index (χ1) is 8.70. The third-order valence-electron chi connectivity index (χ3n) is 3.37. The molecule has 1 aliphatic rings. The molecule has 6 heteroatoms. The number of hydrogen-bond donors (Lipinski definition) is 1. The predicted molar refractivity (Wildman–Crippen MR) is 70.9 cm³/mol. The van der Waals surface area contributed by atoms with E-state index in [1.54, 1.807) is 14.2 Å². The number of methoxy groups -OCH3 is 1. The standard InChI is InChI=1S/C13H24N2O4/c1-13(2,3)10(12(17)18)14(4)11(16)9-8-15(9)6-7-19-5/h9-10H,6-8H2,1-5H3,(H,17,18). The maximum Gasteiger partial charge on any atom is 0.326 e. The predicted octanol–water partition coefficient (Wildman–Crippen LogP) is 0.275. The van der Waals surface area contributed by atoms with Crippen molar-refractivity contribution < 1.29 is 19.4 Å². The molecule has 110 valence electrons. The molecule has 6 nitrogen and oxygen atoms in total. The minimum absolute atomic E-state index is 0.126. The van der Waals surface area contributed by atoms with Gasteiger partial charge in [0.25, 0.3) is 0 Å². The van der Waals surface area contributed by atoms with Crippen molar-refractivity contribution in [2.45, 2.75) is 32.9 Å². The summed E-state index contributed by atoms with van der Waals surface area (Å²) in [7, 11) is 3.19. The molecule has 0 saturated carbocycles. The first-order valence-corrected chi connectivity index (χ1v) is 6.42. The Hall–Kier alpha value is -1.14. The Bertz CT molecular complexity index is 351. The molecular formula is C13H24N2O4. The smallest absolute Gasteiger partial charge is 0.326 e. The van der Waals surface area contributed by atoms with Crippen molar-refractivity contribution in [3.63, 3.8) is 0 Å². The fraction of sp³-hybridized carbons (Fsp3) is 0.846. The van der Waals surface area contributed by atoms with E-state index in [4.69, 9.17) is 4.74 Å². The number of carboxylic acids is 1. The molecule has 1 amide bonds. The largest absolute Gasteiger partial charge is 0.480 e. The van der Waals surface area contributed by atoms with E-state index in [2.05, 4.69) is 0 Å². The van der Waals surface area contributed by atoms with Gasteiger partial charge in [-0.1, -0.05) is 20.8 Å². The highest BCUT2D eigenvalue weighted by atomic mass is 16.5. The Kier molecular flexibility index (Phi) is 4.92. The van der Waals surface area contributed by atoms with Crippen LogP contribution in [0.3, 0.4) is 0 Å². The Morgan fingerprint density at radius 3 is 2.47 bits per heavy atom. The topological polar surface area (TPSA) is 69.9 Å². The van der Waals surface area contributed by atoms with Crippen LogP contribution in [0.25, 0.3) is 0 Å². The SMILES string of the molecule is COCCN1CC1C(=O)N(C)C(C(=O)O)C(C)(C)C. The highest BCUT2D eigenvalue weighted by molar-refractivity contribution is 5.89. The number of rotatable bonds is 6. The monoisotopic (exact) mass is 272 g/mol. The third-order valence-corrected chi connectivity index (χ3v) is 3.37. The summed E-state index contributed by atoms with van der Waals surface area (Å²) in [6.45, 7) is 7.44. The van der Waals surface area contributed by atoms with Crippen molar-refractivity contribution in [1.82, 2.24) is 9.80 Å². The zero-order valence-electron chi connectivity index (χ0n) is 12.3. The Morgan fingerprint density at radius 1 is 1.47 bits per heavy atom. The van der Waals surface area contributed by atoms with Crippen LogP contribution in [0.2, 0.25) is 0 Å². The summed E-state index contributed by atoms with van der Waals surface area (Å²) in [4.78, 5) is 26.9. The third kappa shape index (κ3) is 3.91. The van der Waals surface area contributed by atoms with Crippen LogP contribution in [-0.4, -0.2) is 72.7 Å². The van der Waals surface area contributed by atoms with Crippen LogP contribution in [0.4, 0.5) is 0 Å². The lowest BCUT2D eigenvalue weighted by Crippen LogP contribution is -2.51. The number of carbonyl (C=O) groups excluding carboxylic acids is 1. The van der Waals surface area contributed by atoms with Gasteiger partial charge in [0.1, 0.15) is 12.1 Å². The average molecular weight is 272 g/mol. The summed E-state index contributed by atoms with van der Waals surface area (Å²) in [5.41, 5.74) is -0.498. The van der Waals surface area contributed by atoms with E-state index in [1.807, 2.05) is 25.7 Å². The molecule has 0 bridgehead atoms. The molecule has 1 aliphatic heterocycles. The zero-order chi connectivity index (χ0) is 14.8. The lowest BCUT2D eigenvalue weighted by molar-refractivity contribution is -0.153. The fourth-order valence-electron chi connectivity index (χ4n) is 2.34. The second-order valence-electron chi connectivity index (χ2n) is 6.06. The van der Waals surface area contributed by atoms with Crippen LogP contribution in [-0.2, 0) is 14.3 Å². The number of carboxylic acid groups (broad SMARTS) is 1. The van der Waals surface area contributed by atoms with Crippen LogP contribution in [0, 0.1) is 5.41 Å². The van der Waals surface area contributed by atoms with E-state index < -0.39 is 17.4 Å². The molecule has 3 unspecified atom stereocenters. The molecule has 1 saturated heterocycles. The van der Waals surface area contributed by atoms with Gasteiger partial charge < -0.3 is 14.7 Å². The minimum Gasteiger partial charge on any atom is -0.480 e. The van der Waals surface area contributed by atoms with Crippen LogP contribution in [0.15, 0.2) is 0 Å². The van der Waals surface area contributed by atoms with Gasteiger partial charge in [-0.2, -0.15) is 0 Å². The normalized spacial score (nSPS) is 23.8. The quantitative estimate of drug-likeness (QED) is 0.703. The van der Waals surface area contributed by atoms with Crippen molar-refractivity contribution in [3.8, 4) is 0 Å². The Labute approximate surface area is 114 Å². The number of aliphatic carboxylic acids is 1. The van der Waals surface area contributed by atoms with E-state index in [0.29, 0.717) is 19.7 Å². The molecule has 0 aromatic rings. The average Bonchev–Trinajstić information content (AvgIpc) is 3.01. The highest BCUT2D eigenvalue weighted by Crippen LogP contribution is 2.27. The lowest BCUT2D eigenvalue weighted by atomic mass is 9.85. The second kappa shape index (κ2) is 5.88. The summed E-state index contributed by atoms with van der Waals surface area (Å²) in [6.07, 6.45) is 0. The zero-order valence-corrected chi connectivity index (χ0v) is 12.3. The van der Waals surface area contributed by atoms with Crippen molar-refractivity contribution in [1.29, 1.82) is 0 Å². The van der Waals surface area contributed by atoms with Gasteiger partial charge in [-0.25, -0.2) is 4.79 Å². The summed E-state index contributed by atoms with van der Waals surface area (Å²) in [5.74, 6) is -1.09. The number of nitrogens with zero attached hydrogens (tertiary/aromatic N) is 2. The van der Waals surface area contributed by atoms with Crippen molar-refractivity contribution in [2.75, 3.05) is 33.9 Å². The first kappa shape index (κ1) is 15.9. The van der Waals surface area contributed by atoms with Crippen LogP contribution >= 0.6 is 0 Å².